The Morgan fingerprint density at radius 1 is 0.893 bits per heavy atom. The molecule has 2 fully saturated rings. The number of rotatable bonds is 2. The van der Waals surface area contributed by atoms with Gasteiger partial charge in [-0.25, -0.2) is 4.79 Å². The van der Waals surface area contributed by atoms with Gasteiger partial charge in [-0.3, -0.25) is 9.59 Å². The first-order chi connectivity index (χ1) is 12.7. The highest BCUT2D eigenvalue weighted by Gasteiger charge is 2.66. The summed E-state index contributed by atoms with van der Waals surface area (Å²) in [4.78, 5) is 38.9. The summed E-state index contributed by atoms with van der Waals surface area (Å²) >= 11 is 0. The van der Waals surface area contributed by atoms with E-state index in [0.29, 0.717) is 4.90 Å². The van der Waals surface area contributed by atoms with Gasteiger partial charge in [0.15, 0.2) is 0 Å². The van der Waals surface area contributed by atoms with Crippen LogP contribution in [-0.4, -0.2) is 78.5 Å². The highest BCUT2D eigenvalue weighted by atomic mass is 19.3. The predicted octanol–water partition coefficient (Wildman–Crippen LogP) is 2.29. The van der Waals surface area contributed by atoms with Crippen molar-refractivity contribution in [2.75, 3.05) is 33.3 Å². The molecule has 11 heteroatoms. The van der Waals surface area contributed by atoms with E-state index in [2.05, 4.69) is 4.74 Å². The molecule has 0 spiro atoms. The van der Waals surface area contributed by atoms with Gasteiger partial charge in [0.1, 0.15) is 11.0 Å². The maximum atomic E-state index is 13.5. The second-order valence-electron chi connectivity index (χ2n) is 8.11. The van der Waals surface area contributed by atoms with E-state index in [1.165, 1.54) is 4.90 Å². The molecule has 2 saturated heterocycles. The number of methoxy groups -OCH3 is 1. The molecule has 0 aromatic rings. The maximum absolute atomic E-state index is 13.5. The van der Waals surface area contributed by atoms with Crippen molar-refractivity contribution in [1.29, 1.82) is 0 Å². The minimum Gasteiger partial charge on any atom is -0.468 e. The minimum atomic E-state index is -4.38. The van der Waals surface area contributed by atoms with Crippen molar-refractivity contribution < 1.29 is 41.4 Å². The quantitative estimate of drug-likeness (QED) is 0.395. The molecule has 0 aliphatic carbocycles. The lowest BCUT2D eigenvalue weighted by Crippen LogP contribution is -2.55. The van der Waals surface area contributed by atoms with Gasteiger partial charge in [-0.05, 0) is 33.6 Å². The minimum absolute atomic E-state index is 0.0869. The summed E-state index contributed by atoms with van der Waals surface area (Å²) in [5.41, 5.74) is -2.65. The highest BCUT2D eigenvalue weighted by Crippen LogP contribution is 2.44. The van der Waals surface area contributed by atoms with Crippen LogP contribution in [0.15, 0.2) is 0 Å². The molecule has 0 saturated carbocycles. The average Bonchev–Trinajstić information content (AvgIpc) is 2.79. The normalized spacial score (nSPS) is 23.3. The number of halogens is 4. The van der Waals surface area contributed by atoms with Gasteiger partial charge in [0.25, 0.3) is 0 Å². The summed E-state index contributed by atoms with van der Waals surface area (Å²) in [5, 5.41) is 0. The molecule has 0 radical (unpaired) electrons. The Morgan fingerprint density at radius 2 is 1.36 bits per heavy atom. The lowest BCUT2D eigenvalue weighted by Gasteiger charge is -2.40. The Morgan fingerprint density at radius 3 is 1.75 bits per heavy atom. The number of hydrogen-bond donors (Lipinski definition) is 0. The van der Waals surface area contributed by atoms with Crippen LogP contribution in [-0.2, 0) is 19.1 Å². The predicted molar refractivity (Wildman–Crippen MR) is 88.0 cm³/mol. The Kier molecular flexibility index (Phi) is 5.61. The Hall–Kier alpha value is -2.07. The average molecular weight is 412 g/mol. The summed E-state index contributed by atoms with van der Waals surface area (Å²) < 4.78 is 63.9. The lowest BCUT2D eigenvalue weighted by molar-refractivity contribution is -0.172. The molecule has 0 aromatic carbocycles. The molecular formula is C17H24F4N2O5. The van der Waals surface area contributed by atoms with E-state index >= 15 is 0 Å². The topological polar surface area (TPSA) is 76.2 Å². The van der Waals surface area contributed by atoms with Crippen LogP contribution in [0.3, 0.4) is 0 Å². The van der Waals surface area contributed by atoms with Crippen LogP contribution in [0.5, 0.6) is 0 Å². The smallest absolute Gasteiger partial charge is 0.410 e. The number of piperidine rings is 1. The summed E-state index contributed by atoms with van der Waals surface area (Å²) in [7, 11) is 1.02. The molecule has 0 bridgehead atoms. The van der Waals surface area contributed by atoms with Gasteiger partial charge in [-0.15, -0.1) is 0 Å². The number of ether oxygens (including phenoxy) is 2. The maximum Gasteiger partial charge on any atom is 0.410 e. The molecule has 0 aromatic heterocycles. The Labute approximate surface area is 159 Å². The number of esters is 1. The number of alkyl halides is 4. The van der Waals surface area contributed by atoms with Gasteiger partial charge in [-0.2, -0.15) is 17.6 Å². The van der Waals surface area contributed by atoms with Crippen molar-refractivity contribution in [3.8, 4) is 0 Å². The molecule has 2 heterocycles. The molecule has 0 N–H and O–H groups in total. The van der Waals surface area contributed by atoms with E-state index in [-0.39, 0.29) is 25.9 Å². The van der Waals surface area contributed by atoms with Gasteiger partial charge in [0.05, 0.1) is 20.2 Å². The van der Waals surface area contributed by atoms with E-state index in [1.54, 1.807) is 20.8 Å². The van der Waals surface area contributed by atoms with Crippen molar-refractivity contribution in [2.45, 2.75) is 51.1 Å². The fraction of sp³-hybridized carbons (Fsp3) is 0.824. The van der Waals surface area contributed by atoms with E-state index < -0.39 is 53.9 Å². The molecule has 0 unspecified atom stereocenters. The summed E-state index contributed by atoms with van der Waals surface area (Å²) in [6.07, 6.45) is -1.14. The second kappa shape index (κ2) is 7.07. The fourth-order valence-corrected chi connectivity index (χ4v) is 3.31. The lowest BCUT2D eigenvalue weighted by atomic mass is 9.77. The standard InChI is InChI=1S/C17H24F4N2O5/c1-14(2,3)28-13(26)22-7-5-15(6-8-22,12(25)27-4)11(24)23-9-16(18,19)17(20,21)10-23/h5-10H2,1-4H3. The van der Waals surface area contributed by atoms with Crippen LogP contribution in [0.2, 0.25) is 0 Å². The first-order valence-corrected chi connectivity index (χ1v) is 8.77. The van der Waals surface area contributed by atoms with Crippen molar-refractivity contribution >= 4 is 18.0 Å². The molecule has 2 aliphatic heterocycles. The van der Waals surface area contributed by atoms with E-state index in [1.807, 2.05) is 0 Å². The summed E-state index contributed by atoms with van der Waals surface area (Å²) in [6.45, 7) is 1.88. The number of amides is 2. The number of carbonyl (C=O) groups is 3. The van der Waals surface area contributed by atoms with Gasteiger partial charge in [0, 0.05) is 13.1 Å². The number of likely N-dealkylation sites (tertiary alicyclic amines) is 2. The van der Waals surface area contributed by atoms with Crippen LogP contribution < -0.4 is 0 Å². The number of carbonyl (C=O) groups excluding carboxylic acids is 3. The van der Waals surface area contributed by atoms with Crippen LogP contribution in [0, 0.1) is 5.41 Å². The zero-order chi connectivity index (χ0) is 21.5. The molecule has 7 nitrogen and oxygen atoms in total. The van der Waals surface area contributed by atoms with Crippen molar-refractivity contribution in [2.24, 2.45) is 5.41 Å². The molecule has 0 atom stereocenters. The van der Waals surface area contributed by atoms with Crippen LogP contribution in [0.1, 0.15) is 33.6 Å². The summed E-state index contributed by atoms with van der Waals surface area (Å²) in [6, 6.07) is 0. The van der Waals surface area contributed by atoms with Crippen molar-refractivity contribution in [1.82, 2.24) is 9.80 Å². The molecule has 2 aliphatic rings. The zero-order valence-electron chi connectivity index (χ0n) is 16.2. The highest BCUT2D eigenvalue weighted by molar-refractivity contribution is 6.03. The Bertz CT molecular complexity index is 638. The van der Waals surface area contributed by atoms with Gasteiger partial charge < -0.3 is 19.3 Å². The Balaban J connectivity index is 2.18. The SMILES string of the molecule is COC(=O)C1(C(=O)N2CC(F)(F)C(F)(F)C2)CCN(C(=O)OC(C)(C)C)CC1. The largest absolute Gasteiger partial charge is 0.468 e. The number of hydrogen-bond acceptors (Lipinski definition) is 5. The van der Waals surface area contributed by atoms with Crippen molar-refractivity contribution in [3.63, 3.8) is 0 Å². The first-order valence-electron chi connectivity index (χ1n) is 8.77. The van der Waals surface area contributed by atoms with Crippen LogP contribution >= 0.6 is 0 Å². The third-order valence-electron chi connectivity index (χ3n) is 4.86. The van der Waals surface area contributed by atoms with Crippen LogP contribution in [0.25, 0.3) is 0 Å². The molecule has 28 heavy (non-hydrogen) atoms. The van der Waals surface area contributed by atoms with Crippen LogP contribution in [0.4, 0.5) is 22.4 Å². The monoisotopic (exact) mass is 412 g/mol. The first kappa shape index (κ1) is 22.2. The third kappa shape index (κ3) is 4.02. The number of nitrogens with zero attached hydrogens (tertiary/aromatic N) is 2. The van der Waals surface area contributed by atoms with Crippen molar-refractivity contribution in [3.05, 3.63) is 0 Å². The third-order valence-corrected chi connectivity index (χ3v) is 4.86. The van der Waals surface area contributed by atoms with E-state index in [0.717, 1.165) is 7.11 Å². The molecular weight excluding hydrogens is 388 g/mol. The van der Waals surface area contributed by atoms with E-state index in [9.17, 15) is 31.9 Å². The summed E-state index contributed by atoms with van der Waals surface area (Å²) in [5.74, 6) is -10.9. The second-order valence-corrected chi connectivity index (χ2v) is 8.11. The van der Waals surface area contributed by atoms with Gasteiger partial charge in [0.2, 0.25) is 5.91 Å². The van der Waals surface area contributed by atoms with Gasteiger partial charge >= 0.3 is 23.9 Å². The zero-order valence-corrected chi connectivity index (χ0v) is 16.2. The molecule has 160 valence electrons. The van der Waals surface area contributed by atoms with Gasteiger partial charge in [-0.1, -0.05) is 0 Å². The molecule has 2 amide bonds. The van der Waals surface area contributed by atoms with E-state index in [4.69, 9.17) is 4.74 Å². The fourth-order valence-electron chi connectivity index (χ4n) is 3.31. The molecule has 2 rings (SSSR count).